The predicted molar refractivity (Wildman–Crippen MR) is 68.2 cm³/mol. The average molecular weight is 235 g/mol. The van der Waals surface area contributed by atoms with Gasteiger partial charge < -0.3 is 9.88 Å². The van der Waals surface area contributed by atoms with Crippen LogP contribution in [-0.4, -0.2) is 17.7 Å². The van der Waals surface area contributed by atoms with Crippen LogP contribution in [0.2, 0.25) is 5.02 Å². The van der Waals surface area contributed by atoms with Crippen LogP contribution in [-0.2, 0) is 19.9 Å². The molecular formula is C13H15ClN2. The third-order valence-electron chi connectivity index (χ3n) is 3.70. The summed E-state index contributed by atoms with van der Waals surface area (Å²) in [6.45, 7) is 0. The minimum Gasteiger partial charge on any atom is -0.347 e. The molecule has 0 fully saturated rings. The van der Waals surface area contributed by atoms with Crippen molar-refractivity contribution >= 4 is 22.5 Å². The number of hydrogen-bond acceptors (Lipinski definition) is 1. The monoisotopic (exact) mass is 234 g/mol. The standard InChI is InChI=1S/C13H15ClN2/c1-15-9-6-11-10-5-8(14)3-4-12(10)16(2)13(11)7-9/h3-5,9,15H,6-7H2,1-2H3. The summed E-state index contributed by atoms with van der Waals surface area (Å²) in [6.07, 6.45) is 2.23. The van der Waals surface area contributed by atoms with E-state index in [1.807, 2.05) is 13.1 Å². The van der Waals surface area contributed by atoms with Crippen LogP contribution in [0.3, 0.4) is 0 Å². The molecule has 1 heterocycles. The quantitative estimate of drug-likeness (QED) is 0.803. The highest BCUT2D eigenvalue weighted by atomic mass is 35.5. The van der Waals surface area contributed by atoms with Gasteiger partial charge in [-0.05, 0) is 37.2 Å². The van der Waals surface area contributed by atoms with Gasteiger partial charge in [-0.2, -0.15) is 0 Å². The minimum atomic E-state index is 0.583. The fourth-order valence-corrected chi connectivity index (χ4v) is 2.96. The normalized spacial score (nSPS) is 19.3. The molecule has 84 valence electrons. The van der Waals surface area contributed by atoms with Crippen LogP contribution in [0.4, 0.5) is 0 Å². The molecule has 1 aliphatic carbocycles. The van der Waals surface area contributed by atoms with Crippen molar-refractivity contribution in [3.8, 4) is 0 Å². The lowest BCUT2D eigenvalue weighted by Gasteiger charge is -2.08. The van der Waals surface area contributed by atoms with Crippen LogP contribution in [0.25, 0.3) is 10.9 Å². The molecule has 1 atom stereocenters. The molecule has 0 radical (unpaired) electrons. The van der Waals surface area contributed by atoms with Crippen molar-refractivity contribution < 1.29 is 0 Å². The molecule has 0 bridgehead atoms. The van der Waals surface area contributed by atoms with E-state index in [0.717, 1.165) is 17.9 Å². The zero-order chi connectivity index (χ0) is 11.3. The molecule has 1 aliphatic rings. The fraction of sp³-hybridized carbons (Fsp3) is 0.385. The Morgan fingerprint density at radius 1 is 1.38 bits per heavy atom. The molecule has 3 heteroatoms. The summed E-state index contributed by atoms with van der Waals surface area (Å²) in [5, 5.41) is 5.51. The summed E-state index contributed by atoms with van der Waals surface area (Å²) in [6, 6.07) is 6.76. The third-order valence-corrected chi connectivity index (χ3v) is 3.93. The lowest BCUT2D eigenvalue weighted by atomic mass is 10.1. The van der Waals surface area contributed by atoms with E-state index in [-0.39, 0.29) is 0 Å². The molecule has 16 heavy (non-hydrogen) atoms. The zero-order valence-corrected chi connectivity index (χ0v) is 10.3. The molecule has 0 aliphatic heterocycles. The van der Waals surface area contributed by atoms with Crippen LogP contribution in [0.15, 0.2) is 18.2 Å². The van der Waals surface area contributed by atoms with Crippen LogP contribution in [0.1, 0.15) is 11.3 Å². The van der Waals surface area contributed by atoms with Crippen molar-refractivity contribution in [1.29, 1.82) is 0 Å². The third kappa shape index (κ3) is 1.30. The number of halogens is 1. The number of benzene rings is 1. The highest BCUT2D eigenvalue weighted by molar-refractivity contribution is 6.31. The van der Waals surface area contributed by atoms with E-state index in [1.54, 1.807) is 0 Å². The molecule has 0 saturated heterocycles. The molecular weight excluding hydrogens is 220 g/mol. The summed E-state index contributed by atoms with van der Waals surface area (Å²) >= 11 is 6.08. The predicted octanol–water partition coefficient (Wildman–Crippen LogP) is 2.52. The maximum absolute atomic E-state index is 6.08. The van der Waals surface area contributed by atoms with Gasteiger partial charge in [0, 0.05) is 41.1 Å². The number of nitrogens with one attached hydrogen (secondary N) is 1. The van der Waals surface area contributed by atoms with Gasteiger partial charge in [0.2, 0.25) is 0 Å². The van der Waals surface area contributed by atoms with Crippen molar-refractivity contribution in [3.63, 3.8) is 0 Å². The Balaban J connectivity index is 2.24. The van der Waals surface area contributed by atoms with E-state index in [0.29, 0.717) is 6.04 Å². The van der Waals surface area contributed by atoms with Gasteiger partial charge in [-0.1, -0.05) is 11.6 Å². The van der Waals surface area contributed by atoms with Crippen molar-refractivity contribution in [3.05, 3.63) is 34.5 Å². The number of likely N-dealkylation sites (N-methyl/N-ethyl adjacent to an activating group) is 1. The first-order valence-corrected chi connectivity index (χ1v) is 6.01. The first kappa shape index (κ1) is 10.2. The van der Waals surface area contributed by atoms with Crippen molar-refractivity contribution in [2.75, 3.05) is 7.05 Å². The first-order valence-electron chi connectivity index (χ1n) is 5.63. The molecule has 1 aromatic heterocycles. The molecule has 1 unspecified atom stereocenters. The zero-order valence-electron chi connectivity index (χ0n) is 9.55. The highest BCUT2D eigenvalue weighted by Crippen LogP contribution is 2.33. The molecule has 0 spiro atoms. The largest absolute Gasteiger partial charge is 0.347 e. The number of rotatable bonds is 1. The maximum atomic E-state index is 6.08. The second-order valence-electron chi connectivity index (χ2n) is 4.54. The molecule has 2 nitrogen and oxygen atoms in total. The number of fused-ring (bicyclic) bond motifs is 3. The SMILES string of the molecule is CNC1Cc2c(n(C)c3ccc(Cl)cc23)C1. The Morgan fingerprint density at radius 3 is 2.94 bits per heavy atom. The highest BCUT2D eigenvalue weighted by Gasteiger charge is 2.26. The maximum Gasteiger partial charge on any atom is 0.0483 e. The molecule has 2 aromatic rings. The summed E-state index contributed by atoms with van der Waals surface area (Å²) in [7, 11) is 4.18. The lowest BCUT2D eigenvalue weighted by molar-refractivity contribution is 0.585. The van der Waals surface area contributed by atoms with Gasteiger partial charge in [0.1, 0.15) is 0 Å². The summed E-state index contributed by atoms with van der Waals surface area (Å²) in [5.74, 6) is 0. The van der Waals surface area contributed by atoms with Gasteiger partial charge in [-0.3, -0.25) is 0 Å². The van der Waals surface area contributed by atoms with Gasteiger partial charge in [-0.25, -0.2) is 0 Å². The average Bonchev–Trinajstić information content (AvgIpc) is 2.80. The molecule has 1 aromatic carbocycles. The smallest absolute Gasteiger partial charge is 0.0483 e. The van der Waals surface area contributed by atoms with E-state index < -0.39 is 0 Å². The van der Waals surface area contributed by atoms with E-state index in [1.165, 1.54) is 22.2 Å². The Kier molecular flexibility index (Phi) is 2.23. The van der Waals surface area contributed by atoms with Crippen molar-refractivity contribution in [1.82, 2.24) is 9.88 Å². The lowest BCUT2D eigenvalue weighted by Crippen LogP contribution is -2.25. The summed E-state index contributed by atoms with van der Waals surface area (Å²) < 4.78 is 2.30. The Labute approximate surface area is 100 Å². The van der Waals surface area contributed by atoms with Crippen molar-refractivity contribution in [2.45, 2.75) is 18.9 Å². The van der Waals surface area contributed by atoms with E-state index in [4.69, 9.17) is 11.6 Å². The summed E-state index contributed by atoms with van der Waals surface area (Å²) in [5.41, 5.74) is 4.22. The van der Waals surface area contributed by atoms with Gasteiger partial charge in [0.05, 0.1) is 0 Å². The molecule has 0 saturated carbocycles. The second kappa shape index (κ2) is 3.51. The van der Waals surface area contributed by atoms with Gasteiger partial charge in [0.15, 0.2) is 0 Å². The molecule has 0 amide bonds. The number of nitrogens with zero attached hydrogens (tertiary/aromatic N) is 1. The summed E-state index contributed by atoms with van der Waals surface area (Å²) in [4.78, 5) is 0. The number of aromatic nitrogens is 1. The molecule has 1 N–H and O–H groups in total. The van der Waals surface area contributed by atoms with Gasteiger partial charge in [0.25, 0.3) is 0 Å². The van der Waals surface area contributed by atoms with Crippen LogP contribution in [0.5, 0.6) is 0 Å². The van der Waals surface area contributed by atoms with Crippen LogP contribution < -0.4 is 5.32 Å². The Hall–Kier alpha value is -0.990. The van der Waals surface area contributed by atoms with Gasteiger partial charge in [-0.15, -0.1) is 0 Å². The first-order chi connectivity index (χ1) is 7.70. The minimum absolute atomic E-state index is 0.583. The van der Waals surface area contributed by atoms with Crippen molar-refractivity contribution in [2.24, 2.45) is 7.05 Å². The van der Waals surface area contributed by atoms with E-state index >= 15 is 0 Å². The fourth-order valence-electron chi connectivity index (χ4n) is 2.79. The van der Waals surface area contributed by atoms with Gasteiger partial charge >= 0.3 is 0 Å². The Bertz CT molecular complexity index is 557. The second-order valence-corrected chi connectivity index (χ2v) is 4.98. The van der Waals surface area contributed by atoms with Crippen LogP contribution in [0, 0.1) is 0 Å². The van der Waals surface area contributed by atoms with Crippen LogP contribution >= 0.6 is 11.6 Å². The Morgan fingerprint density at radius 2 is 2.19 bits per heavy atom. The van der Waals surface area contributed by atoms with E-state index in [9.17, 15) is 0 Å². The van der Waals surface area contributed by atoms with E-state index in [2.05, 4.69) is 29.1 Å². The molecule has 3 rings (SSSR count). The number of hydrogen-bond donors (Lipinski definition) is 1. The topological polar surface area (TPSA) is 17.0 Å². The number of aryl methyl sites for hydroxylation is 1.